The molecule has 1 aromatic rings. The molecule has 4 nitrogen and oxygen atoms in total. The van der Waals surface area contributed by atoms with E-state index in [9.17, 15) is 0 Å². The van der Waals surface area contributed by atoms with E-state index in [1.807, 2.05) is 12.5 Å². The van der Waals surface area contributed by atoms with Crippen LogP contribution >= 0.6 is 0 Å². The van der Waals surface area contributed by atoms with Gasteiger partial charge in [0.25, 0.3) is 0 Å². The highest BCUT2D eigenvalue weighted by atomic mass is 15.1. The lowest BCUT2D eigenvalue weighted by molar-refractivity contribution is 0.269. The minimum atomic E-state index is 0.149. The van der Waals surface area contributed by atoms with Crippen molar-refractivity contribution >= 4 is 0 Å². The number of hydrogen-bond acceptors (Lipinski definition) is 3. The Morgan fingerprint density at radius 1 is 1.25 bits per heavy atom. The molecular weight excluding hydrogens is 248 g/mol. The van der Waals surface area contributed by atoms with E-state index in [0.717, 1.165) is 13.1 Å². The summed E-state index contributed by atoms with van der Waals surface area (Å²) in [7, 11) is 0. The molecule has 4 heteroatoms. The SMILES string of the molecule is CC(CN1CCCC1)Cn1cncc1CNC(C)(C)C. The Kier molecular flexibility index (Phi) is 5.22. The van der Waals surface area contributed by atoms with Crippen molar-refractivity contribution in [3.63, 3.8) is 0 Å². The largest absolute Gasteiger partial charge is 0.333 e. The van der Waals surface area contributed by atoms with Crippen LogP contribution in [0.15, 0.2) is 12.5 Å². The van der Waals surface area contributed by atoms with Crippen LogP contribution < -0.4 is 5.32 Å². The fourth-order valence-electron chi connectivity index (χ4n) is 2.81. The first-order valence-corrected chi connectivity index (χ1v) is 7.90. The summed E-state index contributed by atoms with van der Waals surface area (Å²) >= 11 is 0. The molecule has 0 aromatic carbocycles. The average molecular weight is 278 g/mol. The molecule has 1 aliphatic heterocycles. The van der Waals surface area contributed by atoms with Crippen molar-refractivity contribution < 1.29 is 0 Å². The summed E-state index contributed by atoms with van der Waals surface area (Å²) in [5, 5.41) is 3.54. The molecule has 20 heavy (non-hydrogen) atoms. The molecule has 114 valence electrons. The van der Waals surface area contributed by atoms with Crippen LogP contribution in [0.25, 0.3) is 0 Å². The van der Waals surface area contributed by atoms with Crippen molar-refractivity contribution in [1.82, 2.24) is 19.8 Å². The molecule has 1 aliphatic rings. The second-order valence-corrected chi connectivity index (χ2v) is 7.25. The van der Waals surface area contributed by atoms with Crippen molar-refractivity contribution in [2.45, 2.75) is 59.2 Å². The molecule has 1 saturated heterocycles. The first kappa shape index (κ1) is 15.5. The van der Waals surface area contributed by atoms with Crippen molar-refractivity contribution in [3.8, 4) is 0 Å². The van der Waals surface area contributed by atoms with Crippen LogP contribution in [0.5, 0.6) is 0 Å². The fraction of sp³-hybridized carbons (Fsp3) is 0.812. The smallest absolute Gasteiger partial charge is 0.0948 e. The highest BCUT2D eigenvalue weighted by molar-refractivity contribution is 4.99. The molecule has 2 heterocycles. The van der Waals surface area contributed by atoms with Crippen molar-refractivity contribution in [2.24, 2.45) is 5.92 Å². The zero-order valence-electron chi connectivity index (χ0n) is 13.5. The minimum absolute atomic E-state index is 0.149. The summed E-state index contributed by atoms with van der Waals surface area (Å²) < 4.78 is 2.31. The topological polar surface area (TPSA) is 33.1 Å². The van der Waals surface area contributed by atoms with Gasteiger partial charge in [0.15, 0.2) is 0 Å². The van der Waals surface area contributed by atoms with Gasteiger partial charge in [-0.2, -0.15) is 0 Å². The van der Waals surface area contributed by atoms with Crippen molar-refractivity contribution in [2.75, 3.05) is 19.6 Å². The molecule has 1 N–H and O–H groups in total. The van der Waals surface area contributed by atoms with Crippen molar-refractivity contribution in [1.29, 1.82) is 0 Å². The Hall–Kier alpha value is -0.870. The number of hydrogen-bond donors (Lipinski definition) is 1. The summed E-state index contributed by atoms with van der Waals surface area (Å²) in [5.41, 5.74) is 1.43. The van der Waals surface area contributed by atoms with E-state index in [1.54, 1.807) is 0 Å². The van der Waals surface area contributed by atoms with E-state index in [0.29, 0.717) is 5.92 Å². The monoisotopic (exact) mass is 278 g/mol. The van der Waals surface area contributed by atoms with Crippen LogP contribution in [0.3, 0.4) is 0 Å². The quantitative estimate of drug-likeness (QED) is 0.868. The van der Waals surface area contributed by atoms with E-state index in [-0.39, 0.29) is 5.54 Å². The lowest BCUT2D eigenvalue weighted by Gasteiger charge is -2.23. The molecule has 1 atom stereocenters. The van der Waals surface area contributed by atoms with Gasteiger partial charge in [-0.1, -0.05) is 6.92 Å². The molecular formula is C16H30N4. The van der Waals surface area contributed by atoms with Gasteiger partial charge in [-0.15, -0.1) is 0 Å². The lowest BCUT2D eigenvalue weighted by atomic mass is 10.1. The number of nitrogens with one attached hydrogen (secondary N) is 1. The maximum atomic E-state index is 4.32. The first-order chi connectivity index (χ1) is 9.44. The summed E-state index contributed by atoms with van der Waals surface area (Å²) in [6.07, 6.45) is 6.71. The van der Waals surface area contributed by atoms with Crippen LogP contribution in [0.2, 0.25) is 0 Å². The van der Waals surface area contributed by atoms with Crippen LogP contribution in [0.4, 0.5) is 0 Å². The molecule has 0 amide bonds. The maximum absolute atomic E-state index is 4.32. The van der Waals surface area contributed by atoms with Gasteiger partial charge in [0.05, 0.1) is 12.0 Å². The van der Waals surface area contributed by atoms with Gasteiger partial charge < -0.3 is 14.8 Å². The molecule has 0 bridgehead atoms. The van der Waals surface area contributed by atoms with Crippen LogP contribution in [0.1, 0.15) is 46.2 Å². The van der Waals surface area contributed by atoms with Crippen LogP contribution in [-0.4, -0.2) is 39.6 Å². The molecule has 0 aliphatic carbocycles. The predicted molar refractivity (Wildman–Crippen MR) is 83.7 cm³/mol. The predicted octanol–water partition coefficient (Wildman–Crippen LogP) is 2.50. The van der Waals surface area contributed by atoms with E-state index >= 15 is 0 Å². The van der Waals surface area contributed by atoms with E-state index < -0.39 is 0 Å². The summed E-state index contributed by atoms with van der Waals surface area (Å²) in [6, 6.07) is 0. The highest BCUT2D eigenvalue weighted by Crippen LogP contribution is 2.13. The molecule has 0 radical (unpaired) electrons. The number of aromatic nitrogens is 2. The highest BCUT2D eigenvalue weighted by Gasteiger charge is 2.16. The number of likely N-dealkylation sites (tertiary alicyclic amines) is 1. The molecule has 1 unspecified atom stereocenters. The third kappa shape index (κ3) is 4.91. The van der Waals surface area contributed by atoms with Crippen molar-refractivity contribution in [3.05, 3.63) is 18.2 Å². The summed E-state index contributed by atoms with van der Waals surface area (Å²) in [6.45, 7) is 14.7. The Morgan fingerprint density at radius 3 is 2.60 bits per heavy atom. The van der Waals surface area contributed by atoms with Gasteiger partial charge in [-0.3, -0.25) is 0 Å². The van der Waals surface area contributed by atoms with Crippen LogP contribution in [0, 0.1) is 5.92 Å². The third-order valence-electron chi connectivity index (χ3n) is 3.88. The van der Waals surface area contributed by atoms with E-state index in [1.165, 1.54) is 38.2 Å². The van der Waals surface area contributed by atoms with E-state index in [4.69, 9.17) is 0 Å². The lowest BCUT2D eigenvalue weighted by Crippen LogP contribution is -2.36. The first-order valence-electron chi connectivity index (χ1n) is 7.90. The van der Waals surface area contributed by atoms with Gasteiger partial charge in [0.1, 0.15) is 0 Å². The Labute approximate surface area is 123 Å². The standard InChI is InChI=1S/C16H30N4/c1-14(11-19-7-5-6-8-19)12-20-13-17-9-15(20)10-18-16(2,3)4/h9,13-14,18H,5-8,10-12H2,1-4H3. The number of nitrogens with zero attached hydrogens (tertiary/aromatic N) is 3. The zero-order chi connectivity index (χ0) is 14.6. The fourth-order valence-corrected chi connectivity index (χ4v) is 2.81. The van der Waals surface area contributed by atoms with Crippen LogP contribution in [-0.2, 0) is 13.1 Å². The molecule has 0 spiro atoms. The second kappa shape index (κ2) is 6.72. The van der Waals surface area contributed by atoms with E-state index in [2.05, 4.69) is 47.5 Å². The summed E-state index contributed by atoms with van der Waals surface area (Å²) in [5.74, 6) is 0.677. The van der Waals surface area contributed by atoms with Gasteiger partial charge in [0, 0.05) is 31.4 Å². The zero-order valence-corrected chi connectivity index (χ0v) is 13.5. The Morgan fingerprint density at radius 2 is 1.95 bits per heavy atom. The molecule has 1 aromatic heterocycles. The number of rotatable bonds is 6. The molecule has 0 saturated carbocycles. The number of imidazole rings is 1. The molecule has 2 rings (SSSR count). The summed E-state index contributed by atoms with van der Waals surface area (Å²) in [4.78, 5) is 6.91. The second-order valence-electron chi connectivity index (χ2n) is 7.25. The van der Waals surface area contributed by atoms with Gasteiger partial charge in [-0.05, 0) is 52.6 Å². The minimum Gasteiger partial charge on any atom is -0.333 e. The normalized spacial score (nSPS) is 18.6. The average Bonchev–Trinajstić information content (AvgIpc) is 2.97. The van der Waals surface area contributed by atoms with Gasteiger partial charge >= 0.3 is 0 Å². The third-order valence-corrected chi connectivity index (χ3v) is 3.88. The van der Waals surface area contributed by atoms with Gasteiger partial charge in [0.2, 0.25) is 0 Å². The Bertz CT molecular complexity index is 399. The van der Waals surface area contributed by atoms with Gasteiger partial charge in [-0.25, -0.2) is 4.98 Å². The maximum Gasteiger partial charge on any atom is 0.0948 e. The molecule has 1 fully saturated rings. The Balaban J connectivity index is 1.84.